The van der Waals surface area contributed by atoms with Gasteiger partial charge in [-0.3, -0.25) is 9.78 Å². The Bertz CT molecular complexity index is 701. The molecule has 2 aromatic rings. The van der Waals surface area contributed by atoms with Crippen molar-refractivity contribution < 1.29 is 9.90 Å². The second-order valence-electron chi connectivity index (χ2n) is 4.59. The van der Waals surface area contributed by atoms with E-state index in [9.17, 15) is 9.90 Å². The average molecular weight is 293 g/mol. The molecule has 1 aromatic carbocycles. The molecule has 22 heavy (non-hydrogen) atoms. The number of pyridine rings is 1. The van der Waals surface area contributed by atoms with Crippen molar-refractivity contribution in [1.82, 2.24) is 10.3 Å². The summed E-state index contributed by atoms with van der Waals surface area (Å²) in [7, 11) is 0. The van der Waals surface area contributed by atoms with E-state index < -0.39 is 5.91 Å². The maximum absolute atomic E-state index is 12.0. The number of rotatable bonds is 5. The second kappa shape index (κ2) is 7.60. The summed E-state index contributed by atoms with van der Waals surface area (Å²) in [6.07, 6.45) is 3.78. The molecule has 110 valence electrons. The topological polar surface area (TPSA) is 86.0 Å². The van der Waals surface area contributed by atoms with Crippen molar-refractivity contribution in [2.75, 3.05) is 6.54 Å². The monoisotopic (exact) mass is 293 g/mol. The molecule has 1 aromatic heterocycles. The number of amides is 1. The number of hydrogen-bond donors (Lipinski definition) is 2. The Balaban J connectivity index is 1.94. The fraction of sp³-hybridized carbons (Fsp3) is 0.118. The number of nitriles is 1. The van der Waals surface area contributed by atoms with Crippen molar-refractivity contribution in [1.29, 1.82) is 5.26 Å². The number of phenols is 1. The van der Waals surface area contributed by atoms with E-state index in [1.165, 1.54) is 18.2 Å². The van der Waals surface area contributed by atoms with Gasteiger partial charge >= 0.3 is 0 Å². The Morgan fingerprint density at radius 1 is 1.27 bits per heavy atom. The van der Waals surface area contributed by atoms with Gasteiger partial charge < -0.3 is 10.4 Å². The first-order valence-corrected chi connectivity index (χ1v) is 6.78. The molecular formula is C17H15N3O2. The summed E-state index contributed by atoms with van der Waals surface area (Å²) < 4.78 is 0. The van der Waals surface area contributed by atoms with E-state index in [1.807, 2.05) is 24.3 Å². The van der Waals surface area contributed by atoms with Gasteiger partial charge in [0, 0.05) is 24.9 Å². The van der Waals surface area contributed by atoms with Crippen LogP contribution in [-0.2, 0) is 11.2 Å². The van der Waals surface area contributed by atoms with Crippen LogP contribution in [0.1, 0.15) is 11.3 Å². The van der Waals surface area contributed by atoms with Gasteiger partial charge in [-0.1, -0.05) is 18.2 Å². The van der Waals surface area contributed by atoms with E-state index in [1.54, 1.807) is 18.3 Å². The lowest BCUT2D eigenvalue weighted by Gasteiger charge is -2.04. The van der Waals surface area contributed by atoms with E-state index >= 15 is 0 Å². The third kappa shape index (κ3) is 4.46. The van der Waals surface area contributed by atoms with Gasteiger partial charge in [0.15, 0.2) is 0 Å². The molecule has 0 bridgehead atoms. The summed E-state index contributed by atoms with van der Waals surface area (Å²) in [4.78, 5) is 16.1. The van der Waals surface area contributed by atoms with Crippen LogP contribution in [-0.4, -0.2) is 22.5 Å². The molecule has 0 aliphatic rings. The summed E-state index contributed by atoms with van der Waals surface area (Å²) in [5, 5.41) is 21.0. The smallest absolute Gasteiger partial charge is 0.261 e. The van der Waals surface area contributed by atoms with E-state index in [4.69, 9.17) is 5.26 Å². The molecule has 0 aliphatic heterocycles. The second-order valence-corrected chi connectivity index (χ2v) is 4.59. The molecule has 5 nitrogen and oxygen atoms in total. The number of carbonyl (C=O) groups excluding carboxylic acids is 1. The first-order valence-electron chi connectivity index (χ1n) is 6.78. The molecule has 5 heteroatoms. The van der Waals surface area contributed by atoms with Gasteiger partial charge in [0.05, 0.1) is 0 Å². The van der Waals surface area contributed by atoms with Crippen LogP contribution in [0.15, 0.2) is 54.2 Å². The minimum Gasteiger partial charge on any atom is -0.508 e. The summed E-state index contributed by atoms with van der Waals surface area (Å²) in [6, 6.07) is 13.7. The van der Waals surface area contributed by atoms with Crippen molar-refractivity contribution in [2.45, 2.75) is 6.42 Å². The number of nitrogens with zero attached hydrogens (tertiary/aromatic N) is 2. The lowest BCUT2D eigenvalue weighted by atomic mass is 10.1. The molecule has 0 saturated carbocycles. The molecule has 0 unspecified atom stereocenters. The fourth-order valence-corrected chi connectivity index (χ4v) is 1.83. The largest absolute Gasteiger partial charge is 0.508 e. The molecule has 0 fully saturated rings. The van der Waals surface area contributed by atoms with Crippen LogP contribution < -0.4 is 5.32 Å². The highest BCUT2D eigenvalue weighted by atomic mass is 16.3. The lowest BCUT2D eigenvalue weighted by molar-refractivity contribution is -0.117. The molecule has 0 spiro atoms. The van der Waals surface area contributed by atoms with Crippen molar-refractivity contribution in [3.8, 4) is 11.8 Å². The third-order valence-electron chi connectivity index (χ3n) is 2.96. The van der Waals surface area contributed by atoms with Crippen LogP contribution in [0, 0.1) is 11.3 Å². The van der Waals surface area contributed by atoms with Gasteiger partial charge in [-0.15, -0.1) is 0 Å². The molecule has 0 atom stereocenters. The molecule has 2 rings (SSSR count). The van der Waals surface area contributed by atoms with E-state index in [0.717, 1.165) is 5.69 Å². The van der Waals surface area contributed by atoms with Gasteiger partial charge in [0.2, 0.25) is 0 Å². The van der Waals surface area contributed by atoms with E-state index in [-0.39, 0.29) is 11.3 Å². The summed E-state index contributed by atoms with van der Waals surface area (Å²) >= 11 is 0. The minimum absolute atomic E-state index is 0.0201. The van der Waals surface area contributed by atoms with E-state index in [2.05, 4.69) is 10.3 Å². The highest BCUT2D eigenvalue weighted by Gasteiger charge is 2.08. The van der Waals surface area contributed by atoms with Gasteiger partial charge in [-0.25, -0.2) is 0 Å². The van der Waals surface area contributed by atoms with Crippen LogP contribution in [0.3, 0.4) is 0 Å². The van der Waals surface area contributed by atoms with Crippen LogP contribution in [0.4, 0.5) is 0 Å². The zero-order valence-corrected chi connectivity index (χ0v) is 11.9. The Labute approximate surface area is 128 Å². The molecule has 1 amide bonds. The van der Waals surface area contributed by atoms with Gasteiger partial charge in [-0.2, -0.15) is 5.26 Å². The third-order valence-corrected chi connectivity index (χ3v) is 2.96. The predicted octanol–water partition coefficient (Wildman–Crippen LogP) is 2.05. The van der Waals surface area contributed by atoms with Crippen molar-refractivity contribution in [3.63, 3.8) is 0 Å². The van der Waals surface area contributed by atoms with Gasteiger partial charge in [0.1, 0.15) is 17.4 Å². The quantitative estimate of drug-likeness (QED) is 0.652. The average Bonchev–Trinajstić information content (AvgIpc) is 2.55. The molecule has 2 N–H and O–H groups in total. The van der Waals surface area contributed by atoms with Gasteiger partial charge in [-0.05, 0) is 35.9 Å². The van der Waals surface area contributed by atoms with Crippen LogP contribution in [0.2, 0.25) is 0 Å². The normalized spacial score (nSPS) is 10.8. The minimum atomic E-state index is -0.425. The molecule has 0 radical (unpaired) electrons. The number of aromatic nitrogens is 1. The van der Waals surface area contributed by atoms with E-state index in [0.29, 0.717) is 18.5 Å². The summed E-state index contributed by atoms with van der Waals surface area (Å²) in [5.74, 6) is -0.290. The number of phenolic OH excluding ortho intramolecular Hbond substituents is 1. The highest BCUT2D eigenvalue weighted by Crippen LogP contribution is 2.12. The molecular weight excluding hydrogens is 278 g/mol. The maximum Gasteiger partial charge on any atom is 0.261 e. The maximum atomic E-state index is 12.0. The number of benzene rings is 1. The Kier molecular flexibility index (Phi) is 5.27. The summed E-state index contributed by atoms with van der Waals surface area (Å²) in [6.45, 7) is 0.407. The van der Waals surface area contributed by atoms with Crippen molar-refractivity contribution >= 4 is 12.0 Å². The lowest BCUT2D eigenvalue weighted by Crippen LogP contribution is -2.26. The zero-order chi connectivity index (χ0) is 15.8. The van der Waals surface area contributed by atoms with Crippen LogP contribution in [0.5, 0.6) is 5.75 Å². The zero-order valence-electron chi connectivity index (χ0n) is 11.9. The number of nitrogens with one attached hydrogen (secondary N) is 1. The van der Waals surface area contributed by atoms with Crippen molar-refractivity contribution in [2.24, 2.45) is 0 Å². The molecule has 1 heterocycles. The number of aromatic hydroxyl groups is 1. The summed E-state index contributed by atoms with van der Waals surface area (Å²) in [5.41, 5.74) is 1.57. The van der Waals surface area contributed by atoms with Crippen LogP contribution in [0.25, 0.3) is 6.08 Å². The Morgan fingerprint density at radius 3 is 2.68 bits per heavy atom. The van der Waals surface area contributed by atoms with Gasteiger partial charge in [0.25, 0.3) is 5.91 Å². The highest BCUT2D eigenvalue weighted by molar-refractivity contribution is 6.01. The standard InChI is InChI=1S/C17H15N3O2/c18-12-14(11-13-4-6-16(21)7-5-13)17(22)20-10-8-15-3-1-2-9-19-15/h1-7,9,11,21H,8,10H2,(H,20,22)/b14-11+. The predicted molar refractivity (Wildman–Crippen MR) is 82.6 cm³/mol. The number of hydrogen-bond acceptors (Lipinski definition) is 4. The SMILES string of the molecule is N#C/C(=C\c1ccc(O)cc1)C(=O)NCCc1ccccn1. The number of carbonyl (C=O) groups is 1. The Hall–Kier alpha value is -3.13. The fourth-order valence-electron chi connectivity index (χ4n) is 1.83. The first-order chi connectivity index (χ1) is 10.7. The molecule has 0 aliphatic carbocycles. The Morgan fingerprint density at radius 2 is 2.05 bits per heavy atom. The van der Waals surface area contributed by atoms with Crippen molar-refractivity contribution in [3.05, 3.63) is 65.5 Å². The van der Waals surface area contributed by atoms with Crippen LogP contribution >= 0.6 is 0 Å². The molecule has 0 saturated heterocycles. The first kappa shape index (κ1) is 15.3.